The van der Waals surface area contributed by atoms with Gasteiger partial charge in [-0.25, -0.2) is 0 Å². The van der Waals surface area contributed by atoms with Crippen molar-refractivity contribution in [2.45, 2.75) is 25.8 Å². The summed E-state index contributed by atoms with van der Waals surface area (Å²) in [6, 6.07) is 14.4. The van der Waals surface area contributed by atoms with Crippen LogP contribution in [0.3, 0.4) is 0 Å². The van der Waals surface area contributed by atoms with E-state index in [4.69, 9.17) is 4.74 Å². The lowest BCUT2D eigenvalue weighted by Crippen LogP contribution is -2.31. The summed E-state index contributed by atoms with van der Waals surface area (Å²) in [7, 11) is 1.59. The highest BCUT2D eigenvalue weighted by molar-refractivity contribution is 5.97. The lowest BCUT2D eigenvalue weighted by molar-refractivity contribution is -0.117. The predicted octanol–water partition coefficient (Wildman–Crippen LogP) is 3.26. The largest absolute Gasteiger partial charge is 0.497 e. The number of methoxy groups -OCH3 is 1. The summed E-state index contributed by atoms with van der Waals surface area (Å²) in [6.45, 7) is 2.57. The zero-order chi connectivity index (χ0) is 18.5. The summed E-state index contributed by atoms with van der Waals surface area (Å²) in [5, 5.41) is 6.04. The van der Waals surface area contributed by atoms with Crippen LogP contribution in [0.4, 0.5) is 17.1 Å². The van der Waals surface area contributed by atoms with Crippen LogP contribution in [0.1, 0.15) is 19.8 Å². The molecule has 2 amide bonds. The van der Waals surface area contributed by atoms with E-state index >= 15 is 0 Å². The van der Waals surface area contributed by atoms with Crippen molar-refractivity contribution in [1.29, 1.82) is 0 Å². The summed E-state index contributed by atoms with van der Waals surface area (Å²) in [6.07, 6.45) is 1.52. The molecule has 2 N–H and O–H groups in total. The zero-order valence-electron chi connectivity index (χ0n) is 15.0. The van der Waals surface area contributed by atoms with Crippen molar-refractivity contribution in [3.05, 3.63) is 48.5 Å². The van der Waals surface area contributed by atoms with Crippen molar-refractivity contribution in [3.8, 4) is 5.75 Å². The third-order valence-electron chi connectivity index (χ3n) is 4.37. The average Bonchev–Trinajstić information content (AvgIpc) is 3.08. The maximum Gasteiger partial charge on any atom is 0.246 e. The minimum atomic E-state index is -0.416. The van der Waals surface area contributed by atoms with Crippen molar-refractivity contribution in [2.24, 2.45) is 0 Å². The second-order valence-electron chi connectivity index (χ2n) is 6.28. The Balaban J connectivity index is 1.59. The van der Waals surface area contributed by atoms with E-state index in [9.17, 15) is 9.59 Å². The average molecular weight is 353 g/mol. The van der Waals surface area contributed by atoms with Crippen LogP contribution in [-0.2, 0) is 9.59 Å². The third-order valence-corrected chi connectivity index (χ3v) is 4.37. The normalized spacial score (nSPS) is 14.8. The molecule has 6 nitrogen and oxygen atoms in total. The molecule has 26 heavy (non-hydrogen) atoms. The molecule has 0 unspecified atom stereocenters. The minimum Gasteiger partial charge on any atom is -0.497 e. The standard InChI is InChI=1S/C20H23N3O3/c1-14(20(25)22-16-5-3-6-18(13-16)26-2)21-15-8-10-17(11-9-15)23-12-4-7-19(23)24/h3,5-6,8-11,13-14,21H,4,7,12H2,1-2H3,(H,22,25)/t14-/m0/s1. The zero-order valence-corrected chi connectivity index (χ0v) is 15.0. The molecule has 136 valence electrons. The maximum absolute atomic E-state index is 12.4. The number of amides is 2. The van der Waals surface area contributed by atoms with Gasteiger partial charge in [-0.1, -0.05) is 6.07 Å². The van der Waals surface area contributed by atoms with E-state index in [1.165, 1.54) is 0 Å². The van der Waals surface area contributed by atoms with Gasteiger partial charge in [-0.3, -0.25) is 9.59 Å². The van der Waals surface area contributed by atoms with E-state index in [0.29, 0.717) is 17.9 Å². The highest BCUT2D eigenvalue weighted by Crippen LogP contribution is 2.23. The molecule has 1 aliphatic heterocycles. The molecule has 2 aromatic carbocycles. The van der Waals surface area contributed by atoms with Crippen molar-refractivity contribution >= 4 is 28.9 Å². The van der Waals surface area contributed by atoms with Gasteiger partial charge in [0.1, 0.15) is 11.8 Å². The van der Waals surface area contributed by atoms with Crippen molar-refractivity contribution in [2.75, 3.05) is 29.2 Å². The molecule has 1 saturated heterocycles. The molecule has 1 fully saturated rings. The topological polar surface area (TPSA) is 70.7 Å². The Kier molecular flexibility index (Phi) is 5.41. The smallest absolute Gasteiger partial charge is 0.246 e. The molecule has 0 spiro atoms. The number of ether oxygens (including phenoxy) is 1. The fraction of sp³-hybridized carbons (Fsp3) is 0.300. The predicted molar refractivity (Wildman–Crippen MR) is 103 cm³/mol. The molecule has 0 saturated carbocycles. The number of nitrogens with one attached hydrogen (secondary N) is 2. The second kappa shape index (κ2) is 7.91. The van der Waals surface area contributed by atoms with Gasteiger partial charge in [0.25, 0.3) is 0 Å². The molecule has 0 aromatic heterocycles. The lowest BCUT2D eigenvalue weighted by Gasteiger charge is -2.18. The highest BCUT2D eigenvalue weighted by atomic mass is 16.5. The van der Waals surface area contributed by atoms with E-state index in [1.54, 1.807) is 25.0 Å². The number of benzene rings is 2. The van der Waals surface area contributed by atoms with Gasteiger partial charge < -0.3 is 20.3 Å². The summed E-state index contributed by atoms with van der Waals surface area (Å²) in [5.74, 6) is 0.712. The lowest BCUT2D eigenvalue weighted by atomic mass is 10.2. The van der Waals surface area contributed by atoms with Gasteiger partial charge in [0, 0.05) is 36.1 Å². The summed E-state index contributed by atoms with van der Waals surface area (Å²) in [5.41, 5.74) is 2.41. The first kappa shape index (κ1) is 17.8. The van der Waals surface area contributed by atoms with Crippen molar-refractivity contribution < 1.29 is 14.3 Å². The van der Waals surface area contributed by atoms with Gasteiger partial charge in [0.2, 0.25) is 11.8 Å². The Bertz CT molecular complexity index is 789. The molecule has 1 heterocycles. The van der Waals surface area contributed by atoms with E-state index in [0.717, 1.165) is 24.3 Å². The van der Waals surface area contributed by atoms with Crippen LogP contribution in [0, 0.1) is 0 Å². The first-order valence-corrected chi connectivity index (χ1v) is 8.69. The fourth-order valence-electron chi connectivity index (χ4n) is 2.93. The number of hydrogen-bond acceptors (Lipinski definition) is 4. The first-order valence-electron chi connectivity index (χ1n) is 8.69. The number of hydrogen-bond donors (Lipinski definition) is 2. The maximum atomic E-state index is 12.4. The van der Waals surface area contributed by atoms with Crippen LogP contribution >= 0.6 is 0 Å². The Morgan fingerprint density at radius 3 is 2.58 bits per heavy atom. The van der Waals surface area contributed by atoms with Crippen LogP contribution < -0.4 is 20.3 Å². The number of carbonyl (C=O) groups is 2. The molecule has 1 aliphatic rings. The van der Waals surface area contributed by atoms with Crippen LogP contribution in [0.25, 0.3) is 0 Å². The quantitative estimate of drug-likeness (QED) is 0.836. The van der Waals surface area contributed by atoms with Crippen LogP contribution in [-0.4, -0.2) is 31.5 Å². The summed E-state index contributed by atoms with van der Waals surface area (Å²) < 4.78 is 5.16. The summed E-state index contributed by atoms with van der Waals surface area (Å²) >= 11 is 0. The van der Waals surface area contributed by atoms with E-state index in [2.05, 4.69) is 10.6 Å². The van der Waals surface area contributed by atoms with Crippen LogP contribution in [0.2, 0.25) is 0 Å². The molecule has 1 atom stereocenters. The van der Waals surface area contributed by atoms with Gasteiger partial charge in [0.15, 0.2) is 0 Å². The van der Waals surface area contributed by atoms with Crippen LogP contribution in [0.5, 0.6) is 5.75 Å². The second-order valence-corrected chi connectivity index (χ2v) is 6.28. The molecule has 0 aliphatic carbocycles. The molecule has 0 radical (unpaired) electrons. The van der Waals surface area contributed by atoms with Gasteiger partial charge in [-0.15, -0.1) is 0 Å². The van der Waals surface area contributed by atoms with Crippen molar-refractivity contribution in [3.63, 3.8) is 0 Å². The number of carbonyl (C=O) groups excluding carboxylic acids is 2. The molecular formula is C20H23N3O3. The Hall–Kier alpha value is -3.02. The third kappa shape index (κ3) is 4.14. The summed E-state index contributed by atoms with van der Waals surface area (Å²) in [4.78, 5) is 26.0. The number of anilines is 3. The number of rotatable bonds is 6. The van der Waals surface area contributed by atoms with Gasteiger partial charge in [-0.2, -0.15) is 0 Å². The SMILES string of the molecule is COc1cccc(NC(=O)[C@H](C)Nc2ccc(N3CCCC3=O)cc2)c1. The molecule has 2 aromatic rings. The van der Waals surface area contributed by atoms with Crippen LogP contribution in [0.15, 0.2) is 48.5 Å². The van der Waals surface area contributed by atoms with Gasteiger partial charge in [0.05, 0.1) is 7.11 Å². The van der Waals surface area contributed by atoms with E-state index in [1.807, 2.05) is 42.5 Å². The monoisotopic (exact) mass is 353 g/mol. The Morgan fingerprint density at radius 2 is 1.92 bits per heavy atom. The minimum absolute atomic E-state index is 0.142. The van der Waals surface area contributed by atoms with E-state index in [-0.39, 0.29) is 11.8 Å². The Morgan fingerprint density at radius 1 is 1.15 bits per heavy atom. The first-order chi connectivity index (χ1) is 12.6. The molecule has 3 rings (SSSR count). The molecule has 6 heteroatoms. The van der Waals surface area contributed by atoms with E-state index < -0.39 is 6.04 Å². The van der Waals surface area contributed by atoms with Gasteiger partial charge in [-0.05, 0) is 49.7 Å². The Labute approximate surface area is 153 Å². The molecular weight excluding hydrogens is 330 g/mol. The van der Waals surface area contributed by atoms with Crippen molar-refractivity contribution in [1.82, 2.24) is 0 Å². The highest BCUT2D eigenvalue weighted by Gasteiger charge is 2.21. The fourth-order valence-corrected chi connectivity index (χ4v) is 2.93. The van der Waals surface area contributed by atoms with Gasteiger partial charge >= 0.3 is 0 Å². The molecule has 0 bridgehead atoms. The number of nitrogens with zero attached hydrogens (tertiary/aromatic N) is 1.